The van der Waals surface area contributed by atoms with Crippen LogP contribution in [0.1, 0.15) is 18.2 Å². The third kappa shape index (κ3) is 2.15. The Hall–Kier alpha value is -2.26. The zero-order valence-corrected chi connectivity index (χ0v) is 14.9. The molecule has 0 bridgehead atoms. The Labute approximate surface area is 150 Å². The predicted octanol–water partition coefficient (Wildman–Crippen LogP) is 5.97. The monoisotopic (exact) mass is 372 g/mol. The van der Waals surface area contributed by atoms with E-state index in [-0.39, 0.29) is 0 Å². The maximum absolute atomic E-state index is 6.18. The van der Waals surface area contributed by atoms with Crippen LogP contribution in [0, 0.1) is 0 Å². The fourth-order valence-electron chi connectivity index (χ4n) is 3.35. The van der Waals surface area contributed by atoms with Gasteiger partial charge in [-0.15, -0.1) is 0 Å². The fraction of sp³-hybridized carbons (Fsp3) is 0.0476. The topological polar surface area (TPSA) is 13.1 Å². The van der Waals surface area contributed by atoms with Crippen LogP contribution in [0.5, 0.6) is 0 Å². The largest absolute Gasteiger partial charge is 0.455 e. The molecular weight excluding hydrogens is 359 g/mol. The summed E-state index contributed by atoms with van der Waals surface area (Å²) in [4.78, 5) is 0. The quantitative estimate of drug-likeness (QED) is 0.312. The molecule has 24 heavy (non-hydrogen) atoms. The van der Waals surface area contributed by atoms with E-state index in [1.165, 1.54) is 5.39 Å². The SMILES string of the molecule is [B]c1ccc2c3ccc(Br)cc3c3c(/C=C\C)c(C=C)oc3c2c1. The number of hydrogen-bond donors (Lipinski definition) is 0. The van der Waals surface area contributed by atoms with E-state index < -0.39 is 0 Å². The van der Waals surface area contributed by atoms with Crippen molar-refractivity contribution < 1.29 is 4.42 Å². The maximum Gasteiger partial charge on any atom is 0.143 e. The first kappa shape index (κ1) is 15.3. The van der Waals surface area contributed by atoms with Crippen LogP contribution in [0.25, 0.3) is 44.7 Å². The molecule has 2 radical (unpaired) electrons. The standard InChI is InChI=1S/C21H14BBrO/c1-3-5-16-19(4-2)24-21-18-10-12(22)6-8-15(18)14-9-7-13(23)11-17(14)20(16)21/h3-11H,2H2,1H3/b5-3-. The molecule has 0 unspecified atom stereocenters. The van der Waals surface area contributed by atoms with Crippen LogP contribution in [-0.2, 0) is 0 Å². The molecule has 1 heterocycles. The molecule has 1 aromatic heterocycles. The van der Waals surface area contributed by atoms with Gasteiger partial charge in [0.15, 0.2) is 0 Å². The van der Waals surface area contributed by atoms with E-state index in [0.29, 0.717) is 0 Å². The van der Waals surface area contributed by atoms with Gasteiger partial charge in [-0.05, 0) is 41.3 Å². The Balaban J connectivity index is 2.39. The minimum absolute atomic E-state index is 0.726. The molecule has 0 aliphatic carbocycles. The molecule has 0 fully saturated rings. The van der Waals surface area contributed by atoms with E-state index in [9.17, 15) is 0 Å². The van der Waals surface area contributed by atoms with Crippen LogP contribution in [0.4, 0.5) is 0 Å². The van der Waals surface area contributed by atoms with E-state index in [2.05, 4.69) is 52.9 Å². The zero-order chi connectivity index (χ0) is 16.8. The van der Waals surface area contributed by atoms with Crippen molar-refractivity contribution >= 4 is 73.9 Å². The summed E-state index contributed by atoms with van der Waals surface area (Å²) in [6.07, 6.45) is 5.85. The molecule has 1 nitrogen and oxygen atoms in total. The second kappa shape index (κ2) is 5.68. The number of rotatable bonds is 2. The van der Waals surface area contributed by atoms with Crippen LogP contribution in [-0.4, -0.2) is 7.85 Å². The molecule has 4 aromatic rings. The van der Waals surface area contributed by atoms with Gasteiger partial charge in [-0.3, -0.25) is 0 Å². The van der Waals surface area contributed by atoms with E-state index >= 15 is 0 Å². The van der Waals surface area contributed by atoms with E-state index in [0.717, 1.165) is 48.4 Å². The first-order valence-electron chi connectivity index (χ1n) is 7.76. The van der Waals surface area contributed by atoms with Crippen molar-refractivity contribution in [1.29, 1.82) is 0 Å². The second-order valence-electron chi connectivity index (χ2n) is 5.78. The summed E-state index contributed by atoms with van der Waals surface area (Å²) >= 11 is 3.59. The van der Waals surface area contributed by atoms with Crippen molar-refractivity contribution in [3.63, 3.8) is 0 Å². The van der Waals surface area contributed by atoms with Crippen molar-refractivity contribution in [3.8, 4) is 0 Å². The number of benzene rings is 3. The fourth-order valence-corrected chi connectivity index (χ4v) is 3.71. The molecule has 0 aliphatic rings. The molecule has 0 spiro atoms. The van der Waals surface area contributed by atoms with Gasteiger partial charge in [-0.1, -0.05) is 64.4 Å². The summed E-state index contributed by atoms with van der Waals surface area (Å²) in [6, 6.07) is 12.3. The molecular formula is C21H14BBrO. The number of allylic oxidation sites excluding steroid dienone is 1. The second-order valence-corrected chi connectivity index (χ2v) is 6.70. The zero-order valence-electron chi connectivity index (χ0n) is 13.3. The lowest BCUT2D eigenvalue weighted by atomic mass is 9.90. The molecule has 0 aliphatic heterocycles. The average molecular weight is 373 g/mol. The van der Waals surface area contributed by atoms with Crippen LogP contribution in [0.2, 0.25) is 0 Å². The Bertz CT molecular complexity index is 1150. The third-order valence-corrected chi connectivity index (χ3v) is 4.82. The van der Waals surface area contributed by atoms with Gasteiger partial charge >= 0.3 is 0 Å². The first-order valence-corrected chi connectivity index (χ1v) is 8.55. The van der Waals surface area contributed by atoms with Crippen molar-refractivity contribution in [2.45, 2.75) is 6.92 Å². The average Bonchev–Trinajstić information content (AvgIpc) is 2.94. The summed E-state index contributed by atoms with van der Waals surface area (Å²) in [5.74, 6) is 0.777. The summed E-state index contributed by atoms with van der Waals surface area (Å²) in [5.41, 5.74) is 2.63. The number of fused-ring (bicyclic) bond motifs is 6. The van der Waals surface area contributed by atoms with Gasteiger partial charge in [-0.25, -0.2) is 0 Å². The van der Waals surface area contributed by atoms with E-state index in [1.807, 2.05) is 25.1 Å². The van der Waals surface area contributed by atoms with Gasteiger partial charge in [0, 0.05) is 20.8 Å². The number of halogens is 1. The van der Waals surface area contributed by atoms with Gasteiger partial charge in [0.1, 0.15) is 19.2 Å². The van der Waals surface area contributed by atoms with Crippen molar-refractivity contribution in [2.24, 2.45) is 0 Å². The van der Waals surface area contributed by atoms with E-state index in [1.54, 1.807) is 6.08 Å². The van der Waals surface area contributed by atoms with Gasteiger partial charge in [-0.2, -0.15) is 0 Å². The lowest BCUT2D eigenvalue weighted by Crippen LogP contribution is -2.00. The maximum atomic E-state index is 6.18. The summed E-state index contributed by atoms with van der Waals surface area (Å²) in [5, 5.41) is 5.59. The lowest BCUT2D eigenvalue weighted by Gasteiger charge is -2.08. The minimum Gasteiger partial charge on any atom is -0.455 e. The number of hydrogen-bond acceptors (Lipinski definition) is 1. The van der Waals surface area contributed by atoms with Crippen molar-refractivity contribution in [1.82, 2.24) is 0 Å². The van der Waals surface area contributed by atoms with Gasteiger partial charge in [0.25, 0.3) is 0 Å². The highest BCUT2D eigenvalue weighted by molar-refractivity contribution is 9.10. The Morgan fingerprint density at radius 3 is 2.54 bits per heavy atom. The molecule has 0 N–H and O–H groups in total. The molecule has 0 amide bonds. The van der Waals surface area contributed by atoms with Crippen molar-refractivity contribution in [2.75, 3.05) is 0 Å². The first-order chi connectivity index (χ1) is 11.6. The smallest absolute Gasteiger partial charge is 0.143 e. The van der Waals surface area contributed by atoms with Gasteiger partial charge in [0.05, 0.1) is 0 Å². The summed E-state index contributed by atoms with van der Waals surface area (Å²) in [7, 11) is 6.04. The Kier molecular flexibility index (Phi) is 3.61. The molecule has 0 saturated heterocycles. The van der Waals surface area contributed by atoms with E-state index in [4.69, 9.17) is 12.3 Å². The van der Waals surface area contributed by atoms with Crippen LogP contribution < -0.4 is 5.46 Å². The summed E-state index contributed by atoms with van der Waals surface area (Å²) < 4.78 is 7.22. The molecule has 3 aromatic carbocycles. The number of furan rings is 1. The predicted molar refractivity (Wildman–Crippen MR) is 109 cm³/mol. The van der Waals surface area contributed by atoms with Gasteiger partial charge in [0.2, 0.25) is 0 Å². The Morgan fingerprint density at radius 2 is 1.79 bits per heavy atom. The molecule has 0 atom stereocenters. The van der Waals surface area contributed by atoms with Gasteiger partial charge < -0.3 is 4.42 Å². The highest BCUT2D eigenvalue weighted by atomic mass is 79.9. The highest BCUT2D eigenvalue weighted by Crippen LogP contribution is 2.41. The van der Waals surface area contributed by atoms with Crippen LogP contribution in [0.3, 0.4) is 0 Å². The minimum atomic E-state index is 0.726. The van der Waals surface area contributed by atoms with Crippen molar-refractivity contribution in [3.05, 3.63) is 64.8 Å². The van der Waals surface area contributed by atoms with Crippen LogP contribution >= 0.6 is 15.9 Å². The van der Waals surface area contributed by atoms with Crippen LogP contribution in [0.15, 0.2) is 57.9 Å². The molecule has 0 saturated carbocycles. The summed E-state index contributed by atoms with van der Waals surface area (Å²) in [6.45, 7) is 5.91. The normalized spacial score (nSPS) is 11.9. The Morgan fingerprint density at radius 1 is 1.04 bits per heavy atom. The molecule has 3 heteroatoms. The highest BCUT2D eigenvalue weighted by Gasteiger charge is 2.17. The molecule has 4 rings (SSSR count). The lowest BCUT2D eigenvalue weighted by molar-refractivity contribution is 0.607. The molecule has 114 valence electrons. The third-order valence-electron chi connectivity index (χ3n) is 4.32.